The second kappa shape index (κ2) is 9.60. The van der Waals surface area contributed by atoms with Crippen LogP contribution in [0.25, 0.3) is 0 Å². The highest BCUT2D eigenvalue weighted by Gasteiger charge is 2.12. The molecule has 0 aliphatic rings. The van der Waals surface area contributed by atoms with Crippen LogP contribution in [0.1, 0.15) is 16.8 Å². The van der Waals surface area contributed by atoms with E-state index in [-0.39, 0.29) is 6.61 Å². The van der Waals surface area contributed by atoms with E-state index in [1.54, 1.807) is 25.5 Å². The summed E-state index contributed by atoms with van der Waals surface area (Å²) in [6.45, 7) is 2.21. The van der Waals surface area contributed by atoms with Gasteiger partial charge in [-0.2, -0.15) is 5.10 Å². The summed E-state index contributed by atoms with van der Waals surface area (Å²) in [5.41, 5.74) is 5.52. The van der Waals surface area contributed by atoms with E-state index in [0.717, 1.165) is 26.4 Å². The summed E-state index contributed by atoms with van der Waals surface area (Å²) < 4.78 is 12.1. The van der Waals surface area contributed by atoms with Gasteiger partial charge in [-0.1, -0.05) is 29.3 Å². The van der Waals surface area contributed by atoms with E-state index in [1.807, 2.05) is 30.5 Å². The molecule has 9 heteroatoms. The van der Waals surface area contributed by atoms with E-state index in [1.165, 1.54) is 11.3 Å². The standard InChI is InChI=1S/C19H16BrCl2N3O2S/c1-11-10-28-19(24-11)25-23-8-12-5-15(20)18(17(6-12)26-2)27-9-13-3-4-14(21)7-16(13)22/h3-8,10H,9H2,1-2H3,(H,24,25). The Kier molecular flexibility index (Phi) is 7.18. The number of nitrogens with zero attached hydrogens (tertiary/aromatic N) is 2. The van der Waals surface area contributed by atoms with Crippen molar-refractivity contribution in [3.63, 3.8) is 0 Å². The van der Waals surface area contributed by atoms with E-state index in [4.69, 9.17) is 32.7 Å². The Morgan fingerprint density at radius 1 is 1.29 bits per heavy atom. The van der Waals surface area contributed by atoms with Gasteiger partial charge >= 0.3 is 0 Å². The van der Waals surface area contributed by atoms with Crippen molar-refractivity contribution in [1.82, 2.24) is 4.98 Å². The van der Waals surface area contributed by atoms with Gasteiger partial charge < -0.3 is 9.47 Å². The predicted octanol–water partition coefficient (Wildman–Crippen LogP) is 6.55. The zero-order chi connectivity index (χ0) is 20.1. The summed E-state index contributed by atoms with van der Waals surface area (Å²) in [5, 5.41) is 8.03. The van der Waals surface area contributed by atoms with E-state index < -0.39 is 0 Å². The summed E-state index contributed by atoms with van der Waals surface area (Å²) in [6, 6.07) is 9.01. The first kappa shape index (κ1) is 20.9. The lowest BCUT2D eigenvalue weighted by atomic mass is 10.2. The number of hydrogen-bond acceptors (Lipinski definition) is 6. The number of hydrogen-bond donors (Lipinski definition) is 1. The number of hydrazone groups is 1. The summed E-state index contributed by atoms with van der Waals surface area (Å²) in [4.78, 5) is 4.29. The van der Waals surface area contributed by atoms with Crippen LogP contribution in [0.4, 0.5) is 5.13 Å². The van der Waals surface area contributed by atoms with Gasteiger partial charge in [0.1, 0.15) is 6.61 Å². The van der Waals surface area contributed by atoms with Gasteiger partial charge in [0, 0.05) is 21.0 Å². The Morgan fingerprint density at radius 2 is 2.11 bits per heavy atom. The smallest absolute Gasteiger partial charge is 0.203 e. The fraction of sp³-hybridized carbons (Fsp3) is 0.158. The number of anilines is 1. The fourth-order valence-electron chi connectivity index (χ4n) is 2.31. The molecule has 3 aromatic rings. The molecule has 1 heterocycles. The fourth-order valence-corrected chi connectivity index (χ4v) is 3.98. The molecule has 0 fully saturated rings. The molecule has 28 heavy (non-hydrogen) atoms. The molecule has 0 saturated heterocycles. The molecule has 0 unspecified atom stereocenters. The molecule has 1 aromatic heterocycles. The van der Waals surface area contributed by atoms with E-state index in [2.05, 4.69) is 31.4 Å². The Hall–Kier alpha value is -1.80. The van der Waals surface area contributed by atoms with Crippen molar-refractivity contribution in [3.8, 4) is 11.5 Å². The molecule has 3 rings (SSSR count). The number of halogens is 3. The number of benzene rings is 2. The third-order valence-corrected chi connectivity index (χ3v) is 5.67. The Balaban J connectivity index is 1.73. The van der Waals surface area contributed by atoms with Crippen molar-refractivity contribution in [1.29, 1.82) is 0 Å². The zero-order valence-corrected chi connectivity index (χ0v) is 18.9. The first-order valence-electron chi connectivity index (χ1n) is 8.11. The predicted molar refractivity (Wildman–Crippen MR) is 120 cm³/mol. The molecular formula is C19H16BrCl2N3O2S. The Bertz CT molecular complexity index is 1010. The molecule has 0 amide bonds. The maximum absolute atomic E-state index is 6.21. The largest absolute Gasteiger partial charge is 0.493 e. The molecule has 1 N–H and O–H groups in total. The molecule has 5 nitrogen and oxygen atoms in total. The second-order valence-corrected chi connectivity index (χ2v) is 8.28. The van der Waals surface area contributed by atoms with Gasteiger partial charge in [-0.25, -0.2) is 4.98 Å². The van der Waals surface area contributed by atoms with Crippen LogP contribution in [-0.2, 0) is 6.61 Å². The summed E-state index contributed by atoms with van der Waals surface area (Å²) in [7, 11) is 1.58. The summed E-state index contributed by atoms with van der Waals surface area (Å²) >= 11 is 17.2. The van der Waals surface area contributed by atoms with Crippen LogP contribution in [0.3, 0.4) is 0 Å². The third kappa shape index (κ3) is 5.38. The van der Waals surface area contributed by atoms with Crippen molar-refractivity contribution >= 4 is 61.8 Å². The maximum Gasteiger partial charge on any atom is 0.203 e. The van der Waals surface area contributed by atoms with Gasteiger partial charge in [0.2, 0.25) is 5.13 Å². The first-order valence-corrected chi connectivity index (χ1v) is 10.5. The number of rotatable bonds is 7. The molecule has 2 aromatic carbocycles. The minimum Gasteiger partial charge on any atom is -0.493 e. The first-order chi connectivity index (χ1) is 13.5. The minimum atomic E-state index is 0.281. The molecule has 0 aliphatic carbocycles. The number of nitrogens with one attached hydrogen (secondary N) is 1. The van der Waals surface area contributed by atoms with Gasteiger partial charge in [-0.3, -0.25) is 5.43 Å². The highest BCUT2D eigenvalue weighted by molar-refractivity contribution is 9.10. The number of methoxy groups -OCH3 is 1. The lowest BCUT2D eigenvalue weighted by molar-refractivity contribution is 0.282. The van der Waals surface area contributed by atoms with Gasteiger partial charge in [0.05, 0.1) is 23.5 Å². The summed E-state index contributed by atoms with van der Waals surface area (Å²) in [6.07, 6.45) is 1.68. The third-order valence-electron chi connectivity index (χ3n) is 3.63. The monoisotopic (exact) mass is 499 g/mol. The van der Waals surface area contributed by atoms with Crippen LogP contribution in [0.15, 0.2) is 45.3 Å². The minimum absolute atomic E-state index is 0.281. The number of aromatic nitrogens is 1. The average molecular weight is 501 g/mol. The Labute approximate surface area is 185 Å². The van der Waals surface area contributed by atoms with Gasteiger partial charge in [0.15, 0.2) is 11.5 Å². The molecule has 0 bridgehead atoms. The van der Waals surface area contributed by atoms with Crippen molar-refractivity contribution in [2.24, 2.45) is 5.10 Å². The molecule has 146 valence electrons. The lowest BCUT2D eigenvalue weighted by Gasteiger charge is -2.14. The molecular weight excluding hydrogens is 485 g/mol. The number of ether oxygens (including phenoxy) is 2. The van der Waals surface area contributed by atoms with Gasteiger partial charge in [-0.05, 0) is 52.7 Å². The van der Waals surface area contributed by atoms with Crippen LogP contribution in [0, 0.1) is 6.92 Å². The number of thiazole rings is 1. The van der Waals surface area contributed by atoms with Crippen LogP contribution in [-0.4, -0.2) is 18.3 Å². The van der Waals surface area contributed by atoms with Crippen molar-refractivity contribution < 1.29 is 9.47 Å². The van der Waals surface area contributed by atoms with Crippen molar-refractivity contribution in [3.05, 3.63) is 67.1 Å². The van der Waals surface area contributed by atoms with Crippen LogP contribution >= 0.6 is 50.5 Å². The highest BCUT2D eigenvalue weighted by atomic mass is 79.9. The molecule has 0 spiro atoms. The molecule has 0 aliphatic heterocycles. The molecule has 0 atom stereocenters. The maximum atomic E-state index is 6.21. The van der Waals surface area contributed by atoms with Gasteiger partial charge in [-0.15, -0.1) is 11.3 Å². The summed E-state index contributed by atoms with van der Waals surface area (Å²) in [5.74, 6) is 1.15. The van der Waals surface area contributed by atoms with Crippen LogP contribution < -0.4 is 14.9 Å². The van der Waals surface area contributed by atoms with Crippen molar-refractivity contribution in [2.45, 2.75) is 13.5 Å². The van der Waals surface area contributed by atoms with Gasteiger partial charge in [0.25, 0.3) is 0 Å². The van der Waals surface area contributed by atoms with Crippen molar-refractivity contribution in [2.75, 3.05) is 12.5 Å². The van der Waals surface area contributed by atoms with E-state index in [0.29, 0.717) is 21.5 Å². The molecule has 0 saturated carbocycles. The Morgan fingerprint density at radius 3 is 2.79 bits per heavy atom. The second-order valence-electron chi connectivity index (χ2n) is 5.72. The zero-order valence-electron chi connectivity index (χ0n) is 15.0. The van der Waals surface area contributed by atoms with Crippen LogP contribution in [0.2, 0.25) is 10.0 Å². The topological polar surface area (TPSA) is 55.7 Å². The van der Waals surface area contributed by atoms with E-state index >= 15 is 0 Å². The van der Waals surface area contributed by atoms with E-state index in [9.17, 15) is 0 Å². The van der Waals surface area contributed by atoms with Crippen LogP contribution in [0.5, 0.6) is 11.5 Å². The quantitative estimate of drug-likeness (QED) is 0.295. The average Bonchev–Trinajstić information content (AvgIpc) is 3.07. The lowest BCUT2D eigenvalue weighted by Crippen LogP contribution is -2.00. The normalized spacial score (nSPS) is 11.0. The SMILES string of the molecule is COc1cc(C=NNc2nc(C)cs2)cc(Br)c1OCc1ccc(Cl)cc1Cl. The molecule has 0 radical (unpaired) electrons. The number of aryl methyl sites for hydroxylation is 1. The highest BCUT2D eigenvalue weighted by Crippen LogP contribution is 2.37.